The van der Waals surface area contributed by atoms with E-state index in [1.54, 1.807) is 20.8 Å². The maximum Gasteiger partial charge on any atom is 0.407 e. The highest BCUT2D eigenvalue weighted by atomic mass is 16.6. The summed E-state index contributed by atoms with van der Waals surface area (Å²) in [5, 5.41) is 9.96. The third-order valence-corrected chi connectivity index (χ3v) is 1.78. The summed E-state index contributed by atoms with van der Waals surface area (Å²) in [5.74, 6) is -0.330. The van der Waals surface area contributed by atoms with Crippen LogP contribution in [0.25, 0.3) is 0 Å². The van der Waals surface area contributed by atoms with E-state index in [4.69, 9.17) is 9.47 Å². The van der Waals surface area contributed by atoms with E-state index >= 15 is 0 Å². The number of amides is 1. The van der Waals surface area contributed by atoms with E-state index in [1.807, 2.05) is 0 Å². The van der Waals surface area contributed by atoms with Gasteiger partial charge in [0.1, 0.15) is 5.60 Å². The highest BCUT2D eigenvalue weighted by molar-refractivity contribution is 5.68. The minimum Gasteiger partial charge on any atom is -0.444 e. The second-order valence-corrected chi connectivity index (χ2v) is 4.84. The Balaban J connectivity index is 2.31. The molecule has 0 aliphatic heterocycles. The van der Waals surface area contributed by atoms with Gasteiger partial charge in [-0.1, -0.05) is 10.3 Å². The minimum atomic E-state index is -0.528. The Kier molecular flexibility index (Phi) is 4.85. The fraction of sp³-hybridized carbons (Fsp3) is 0.636. The number of nitrogens with zero attached hydrogens (tertiary/aromatic N) is 3. The van der Waals surface area contributed by atoms with Gasteiger partial charge in [0.05, 0.1) is 12.7 Å². The number of hydrogen-bond donors (Lipinski definition) is 1. The zero-order valence-corrected chi connectivity index (χ0v) is 11.5. The Hall–Kier alpha value is -2.12. The molecule has 0 unspecified atom stereocenters. The van der Waals surface area contributed by atoms with Crippen LogP contribution in [0.2, 0.25) is 0 Å². The standard InChI is InChI=1S/C11H18N4O4/c1-8(16)18-9-7-15(14-13-9)6-5-12-10(17)19-11(2,3)4/h7H,5-6H2,1-4H3,(H,12,17). The van der Waals surface area contributed by atoms with Crippen LogP contribution in [0.3, 0.4) is 0 Å². The summed E-state index contributed by atoms with van der Waals surface area (Å²) in [6, 6.07) is 0. The van der Waals surface area contributed by atoms with Gasteiger partial charge in [0.15, 0.2) is 0 Å². The molecule has 0 aromatic carbocycles. The Labute approximate surface area is 111 Å². The first kappa shape index (κ1) is 14.9. The number of carbonyl (C=O) groups excluding carboxylic acids is 2. The minimum absolute atomic E-state index is 0.129. The Morgan fingerprint density at radius 1 is 1.42 bits per heavy atom. The van der Waals surface area contributed by atoms with Crippen molar-refractivity contribution in [1.82, 2.24) is 20.3 Å². The summed E-state index contributed by atoms with van der Waals surface area (Å²) in [7, 11) is 0. The molecule has 1 heterocycles. The van der Waals surface area contributed by atoms with Crippen LogP contribution < -0.4 is 10.1 Å². The molecule has 8 heteroatoms. The molecule has 0 aliphatic rings. The van der Waals surface area contributed by atoms with Crippen molar-refractivity contribution in [3.05, 3.63) is 6.20 Å². The molecule has 8 nitrogen and oxygen atoms in total. The second kappa shape index (κ2) is 6.17. The van der Waals surface area contributed by atoms with Crippen LogP contribution in [0.15, 0.2) is 6.20 Å². The maximum absolute atomic E-state index is 11.4. The van der Waals surface area contributed by atoms with Crippen molar-refractivity contribution in [1.29, 1.82) is 0 Å². The predicted octanol–water partition coefficient (Wildman–Crippen LogP) is 0.728. The van der Waals surface area contributed by atoms with Crippen molar-refractivity contribution < 1.29 is 19.1 Å². The van der Waals surface area contributed by atoms with E-state index in [2.05, 4.69) is 15.6 Å². The number of carbonyl (C=O) groups is 2. The lowest BCUT2D eigenvalue weighted by atomic mass is 10.2. The van der Waals surface area contributed by atoms with Crippen molar-refractivity contribution in [3.8, 4) is 5.88 Å². The number of alkyl carbamates (subject to hydrolysis) is 1. The van der Waals surface area contributed by atoms with Gasteiger partial charge in [-0.15, -0.1) is 0 Å². The molecule has 106 valence electrons. The summed E-state index contributed by atoms with van der Waals surface area (Å²) >= 11 is 0. The van der Waals surface area contributed by atoms with Gasteiger partial charge in [-0.3, -0.25) is 4.79 Å². The fourth-order valence-corrected chi connectivity index (χ4v) is 1.17. The lowest BCUT2D eigenvalue weighted by Gasteiger charge is -2.19. The van der Waals surface area contributed by atoms with Gasteiger partial charge in [0.2, 0.25) is 0 Å². The van der Waals surface area contributed by atoms with Gasteiger partial charge in [0.25, 0.3) is 5.88 Å². The van der Waals surface area contributed by atoms with Crippen molar-refractivity contribution in [3.63, 3.8) is 0 Å². The molecule has 0 aliphatic carbocycles. The first-order valence-corrected chi connectivity index (χ1v) is 5.82. The molecule has 0 spiro atoms. The van der Waals surface area contributed by atoms with Gasteiger partial charge in [-0.25, -0.2) is 9.48 Å². The number of hydrogen-bond acceptors (Lipinski definition) is 6. The van der Waals surface area contributed by atoms with Gasteiger partial charge in [-0.05, 0) is 20.8 Å². The van der Waals surface area contributed by atoms with Crippen LogP contribution in [0, 0.1) is 0 Å². The Morgan fingerprint density at radius 2 is 2.11 bits per heavy atom. The molecule has 0 radical (unpaired) electrons. The molecule has 0 saturated carbocycles. The Bertz CT molecular complexity index is 450. The van der Waals surface area contributed by atoms with Gasteiger partial charge in [-0.2, -0.15) is 0 Å². The van der Waals surface area contributed by atoms with Crippen LogP contribution in [-0.2, 0) is 16.1 Å². The molecule has 1 amide bonds. The average molecular weight is 270 g/mol. The third-order valence-electron chi connectivity index (χ3n) is 1.78. The van der Waals surface area contributed by atoms with Gasteiger partial charge >= 0.3 is 12.1 Å². The van der Waals surface area contributed by atoms with Crippen LogP contribution in [-0.4, -0.2) is 39.2 Å². The summed E-state index contributed by atoms with van der Waals surface area (Å²) in [6.45, 7) is 7.37. The maximum atomic E-state index is 11.4. The monoisotopic (exact) mass is 270 g/mol. The van der Waals surface area contributed by atoms with E-state index in [-0.39, 0.29) is 5.88 Å². The zero-order chi connectivity index (χ0) is 14.5. The van der Waals surface area contributed by atoms with Crippen LogP contribution in [0.5, 0.6) is 5.88 Å². The quantitative estimate of drug-likeness (QED) is 0.810. The van der Waals surface area contributed by atoms with Crippen molar-refractivity contribution in [2.75, 3.05) is 6.54 Å². The van der Waals surface area contributed by atoms with Crippen molar-refractivity contribution >= 4 is 12.1 Å². The summed E-state index contributed by atoms with van der Waals surface area (Å²) in [4.78, 5) is 22.0. The normalized spacial score (nSPS) is 10.9. The summed E-state index contributed by atoms with van der Waals surface area (Å²) in [5.41, 5.74) is -0.528. The molecular weight excluding hydrogens is 252 g/mol. The topological polar surface area (TPSA) is 95.3 Å². The second-order valence-electron chi connectivity index (χ2n) is 4.84. The molecule has 1 aromatic heterocycles. The SMILES string of the molecule is CC(=O)Oc1cn(CCNC(=O)OC(C)(C)C)nn1. The van der Waals surface area contributed by atoms with Crippen molar-refractivity contribution in [2.24, 2.45) is 0 Å². The molecule has 0 saturated heterocycles. The lowest BCUT2D eigenvalue weighted by Crippen LogP contribution is -2.34. The number of ether oxygens (including phenoxy) is 2. The number of aromatic nitrogens is 3. The summed E-state index contributed by atoms with van der Waals surface area (Å²) in [6.07, 6.45) is 0.978. The van der Waals surface area contributed by atoms with Gasteiger partial charge in [0, 0.05) is 13.5 Å². The third kappa shape index (κ3) is 6.39. The number of rotatable bonds is 4. The van der Waals surface area contributed by atoms with Crippen LogP contribution in [0.4, 0.5) is 4.79 Å². The molecule has 1 N–H and O–H groups in total. The van der Waals surface area contributed by atoms with E-state index in [0.29, 0.717) is 13.1 Å². The van der Waals surface area contributed by atoms with E-state index in [0.717, 1.165) is 0 Å². The Morgan fingerprint density at radius 3 is 2.68 bits per heavy atom. The molecule has 19 heavy (non-hydrogen) atoms. The molecule has 0 fully saturated rings. The van der Waals surface area contributed by atoms with Gasteiger partial charge < -0.3 is 14.8 Å². The first-order valence-electron chi connectivity index (χ1n) is 5.82. The molecule has 0 atom stereocenters. The molecule has 0 bridgehead atoms. The summed E-state index contributed by atoms with van der Waals surface area (Å²) < 4.78 is 11.3. The highest BCUT2D eigenvalue weighted by Gasteiger charge is 2.15. The predicted molar refractivity (Wildman–Crippen MR) is 65.6 cm³/mol. The number of nitrogens with one attached hydrogen (secondary N) is 1. The van der Waals surface area contributed by atoms with E-state index in [9.17, 15) is 9.59 Å². The lowest BCUT2D eigenvalue weighted by molar-refractivity contribution is -0.132. The van der Waals surface area contributed by atoms with E-state index < -0.39 is 17.7 Å². The van der Waals surface area contributed by atoms with Crippen molar-refractivity contribution in [2.45, 2.75) is 39.8 Å². The fourth-order valence-electron chi connectivity index (χ4n) is 1.17. The number of esters is 1. The molecule has 1 aromatic rings. The molecule has 1 rings (SSSR count). The van der Waals surface area contributed by atoms with Crippen LogP contribution >= 0.6 is 0 Å². The van der Waals surface area contributed by atoms with E-state index in [1.165, 1.54) is 17.8 Å². The molecular formula is C11H18N4O4. The van der Waals surface area contributed by atoms with Crippen LogP contribution in [0.1, 0.15) is 27.7 Å². The highest BCUT2D eigenvalue weighted by Crippen LogP contribution is 2.06. The largest absolute Gasteiger partial charge is 0.444 e. The zero-order valence-electron chi connectivity index (χ0n) is 11.5. The first-order chi connectivity index (χ1) is 8.76. The smallest absolute Gasteiger partial charge is 0.407 e. The average Bonchev–Trinajstić information content (AvgIpc) is 2.61.